The number of nitrogens with zero attached hydrogens (tertiary/aromatic N) is 4. The Bertz CT molecular complexity index is 661. The Morgan fingerprint density at radius 2 is 2.41 bits per heavy atom. The standard InChI is InChI=1S/C10H4FIN4O/c11-8-9(12)5(2-13)1-6-10(8)17-3-7-15-14-4-16(6)7/h1,4H,3H2. The summed E-state index contributed by atoms with van der Waals surface area (Å²) in [6, 6.07) is 3.53. The number of hydrogen-bond acceptors (Lipinski definition) is 4. The first-order valence-corrected chi connectivity index (χ1v) is 5.74. The zero-order chi connectivity index (χ0) is 12.0. The summed E-state index contributed by atoms with van der Waals surface area (Å²) in [5, 5.41) is 16.5. The summed E-state index contributed by atoms with van der Waals surface area (Å²) >= 11 is 1.79. The van der Waals surface area contributed by atoms with E-state index in [4.69, 9.17) is 10.00 Å². The zero-order valence-corrected chi connectivity index (χ0v) is 10.5. The smallest absolute Gasteiger partial charge is 0.181 e. The molecule has 2 aromatic rings. The molecule has 17 heavy (non-hydrogen) atoms. The van der Waals surface area contributed by atoms with Gasteiger partial charge in [0, 0.05) is 0 Å². The molecule has 0 atom stereocenters. The van der Waals surface area contributed by atoms with Gasteiger partial charge in [-0.1, -0.05) is 0 Å². The van der Waals surface area contributed by atoms with Crippen LogP contribution < -0.4 is 4.74 Å². The third-order valence-electron chi connectivity index (χ3n) is 2.49. The molecule has 0 unspecified atom stereocenters. The van der Waals surface area contributed by atoms with Gasteiger partial charge in [0.25, 0.3) is 0 Å². The Morgan fingerprint density at radius 1 is 1.59 bits per heavy atom. The van der Waals surface area contributed by atoms with E-state index >= 15 is 0 Å². The number of fused-ring (bicyclic) bond motifs is 3. The van der Waals surface area contributed by atoms with Crippen molar-refractivity contribution in [3.05, 3.63) is 33.2 Å². The van der Waals surface area contributed by atoms with Crippen molar-refractivity contribution in [2.75, 3.05) is 0 Å². The summed E-state index contributed by atoms with van der Waals surface area (Å²) in [5.74, 6) is 0.210. The number of benzene rings is 1. The van der Waals surface area contributed by atoms with Crippen LogP contribution in [0.5, 0.6) is 5.75 Å². The first kappa shape index (κ1) is 10.5. The van der Waals surface area contributed by atoms with Gasteiger partial charge in [0.1, 0.15) is 19.0 Å². The Labute approximate surface area is 109 Å². The quantitative estimate of drug-likeness (QED) is 0.685. The van der Waals surface area contributed by atoms with Gasteiger partial charge in [-0.05, 0) is 28.7 Å². The normalized spacial score (nSPS) is 12.3. The van der Waals surface area contributed by atoms with E-state index in [0.717, 1.165) is 0 Å². The molecule has 1 aromatic heterocycles. The molecule has 0 spiro atoms. The molecule has 3 rings (SSSR count). The molecule has 0 N–H and O–H groups in total. The molecule has 84 valence electrons. The van der Waals surface area contributed by atoms with Gasteiger partial charge in [-0.15, -0.1) is 10.2 Å². The van der Waals surface area contributed by atoms with Crippen LogP contribution >= 0.6 is 22.6 Å². The molecule has 1 aliphatic rings. The molecule has 0 fully saturated rings. The number of nitriles is 1. The van der Waals surface area contributed by atoms with Crippen molar-refractivity contribution < 1.29 is 9.13 Å². The van der Waals surface area contributed by atoms with Gasteiger partial charge in [0.05, 0.1) is 14.8 Å². The minimum absolute atomic E-state index is 0.140. The molecular weight excluding hydrogens is 338 g/mol. The van der Waals surface area contributed by atoms with E-state index in [1.165, 1.54) is 6.33 Å². The molecule has 0 amide bonds. The van der Waals surface area contributed by atoms with Crippen LogP contribution in [0.2, 0.25) is 0 Å². The van der Waals surface area contributed by atoms with Crippen LogP contribution in [0, 0.1) is 20.7 Å². The lowest BCUT2D eigenvalue weighted by Crippen LogP contribution is -2.15. The monoisotopic (exact) mass is 342 g/mol. The van der Waals surface area contributed by atoms with Crippen LogP contribution in [0.4, 0.5) is 4.39 Å². The fourth-order valence-corrected chi connectivity index (χ4v) is 2.21. The first-order valence-electron chi connectivity index (χ1n) is 4.66. The SMILES string of the molecule is N#Cc1cc2c(c(F)c1I)OCc1nncn1-2. The molecule has 5 nitrogen and oxygen atoms in total. The van der Waals surface area contributed by atoms with Gasteiger partial charge in [0.2, 0.25) is 0 Å². The van der Waals surface area contributed by atoms with E-state index in [0.29, 0.717) is 11.5 Å². The zero-order valence-electron chi connectivity index (χ0n) is 8.31. The molecule has 0 saturated heterocycles. The van der Waals surface area contributed by atoms with E-state index in [1.54, 1.807) is 33.2 Å². The van der Waals surface area contributed by atoms with E-state index in [9.17, 15) is 4.39 Å². The van der Waals surface area contributed by atoms with Crippen LogP contribution in [0.25, 0.3) is 5.69 Å². The lowest BCUT2D eigenvalue weighted by Gasteiger charge is -2.19. The molecule has 1 aliphatic heterocycles. The highest BCUT2D eigenvalue weighted by Gasteiger charge is 2.25. The van der Waals surface area contributed by atoms with Crippen LogP contribution in [-0.2, 0) is 6.61 Å². The Balaban J connectivity index is 2.35. The maximum Gasteiger partial charge on any atom is 0.181 e. The van der Waals surface area contributed by atoms with E-state index in [-0.39, 0.29) is 21.5 Å². The molecule has 2 heterocycles. The first-order chi connectivity index (χ1) is 8.22. The summed E-state index contributed by atoms with van der Waals surface area (Å²) < 4.78 is 21.2. The second kappa shape index (κ2) is 3.66. The fraction of sp³-hybridized carbons (Fsp3) is 0.100. The number of rotatable bonds is 0. The number of hydrogen-bond donors (Lipinski definition) is 0. The van der Waals surface area contributed by atoms with Crippen molar-refractivity contribution in [3.8, 4) is 17.5 Å². The van der Waals surface area contributed by atoms with E-state index in [2.05, 4.69) is 10.2 Å². The van der Waals surface area contributed by atoms with Crippen LogP contribution in [-0.4, -0.2) is 14.8 Å². The van der Waals surface area contributed by atoms with Crippen molar-refractivity contribution in [1.82, 2.24) is 14.8 Å². The lowest BCUT2D eigenvalue weighted by atomic mass is 10.1. The van der Waals surface area contributed by atoms with Crippen molar-refractivity contribution in [2.24, 2.45) is 0 Å². The number of halogens is 2. The van der Waals surface area contributed by atoms with E-state index in [1.807, 2.05) is 6.07 Å². The average molecular weight is 342 g/mol. The van der Waals surface area contributed by atoms with Crippen LogP contribution in [0.15, 0.2) is 12.4 Å². The maximum absolute atomic E-state index is 14.0. The van der Waals surface area contributed by atoms with Gasteiger partial charge >= 0.3 is 0 Å². The van der Waals surface area contributed by atoms with Crippen molar-refractivity contribution in [1.29, 1.82) is 5.26 Å². The van der Waals surface area contributed by atoms with Crippen molar-refractivity contribution in [2.45, 2.75) is 6.61 Å². The number of ether oxygens (including phenoxy) is 1. The summed E-state index contributed by atoms with van der Waals surface area (Å²) in [5.41, 5.74) is 0.734. The summed E-state index contributed by atoms with van der Waals surface area (Å²) in [4.78, 5) is 0. The minimum atomic E-state index is -0.515. The third kappa shape index (κ3) is 1.40. The highest BCUT2D eigenvalue weighted by atomic mass is 127. The Hall–Kier alpha value is -1.69. The van der Waals surface area contributed by atoms with Crippen LogP contribution in [0.3, 0.4) is 0 Å². The molecule has 0 bridgehead atoms. The molecular formula is C10H4FIN4O. The second-order valence-corrected chi connectivity index (χ2v) is 4.50. The number of aromatic nitrogens is 3. The van der Waals surface area contributed by atoms with Gasteiger partial charge < -0.3 is 4.74 Å². The summed E-state index contributed by atoms with van der Waals surface area (Å²) in [6.45, 7) is 0.173. The Morgan fingerprint density at radius 3 is 3.18 bits per heavy atom. The second-order valence-electron chi connectivity index (χ2n) is 3.42. The fourth-order valence-electron chi connectivity index (χ4n) is 1.69. The molecule has 0 aliphatic carbocycles. The predicted octanol–water partition coefficient (Wildman–Crippen LogP) is 1.78. The third-order valence-corrected chi connectivity index (χ3v) is 3.54. The highest BCUT2D eigenvalue weighted by molar-refractivity contribution is 14.1. The molecule has 0 radical (unpaired) electrons. The maximum atomic E-state index is 14.0. The van der Waals surface area contributed by atoms with Gasteiger partial charge in [-0.2, -0.15) is 5.26 Å². The predicted molar refractivity (Wildman–Crippen MR) is 63.1 cm³/mol. The van der Waals surface area contributed by atoms with Gasteiger partial charge in [-0.3, -0.25) is 4.57 Å². The van der Waals surface area contributed by atoms with Crippen molar-refractivity contribution in [3.63, 3.8) is 0 Å². The molecule has 7 heteroatoms. The lowest BCUT2D eigenvalue weighted by molar-refractivity contribution is 0.264. The Kier molecular flexibility index (Phi) is 2.25. The largest absolute Gasteiger partial charge is 0.480 e. The summed E-state index contributed by atoms with van der Waals surface area (Å²) in [6.07, 6.45) is 1.48. The summed E-state index contributed by atoms with van der Waals surface area (Å²) in [7, 11) is 0. The van der Waals surface area contributed by atoms with Crippen LogP contribution in [0.1, 0.15) is 11.4 Å². The van der Waals surface area contributed by atoms with Crippen molar-refractivity contribution >= 4 is 22.6 Å². The minimum Gasteiger partial charge on any atom is -0.480 e. The average Bonchev–Trinajstić information content (AvgIpc) is 2.81. The van der Waals surface area contributed by atoms with Gasteiger partial charge in [0.15, 0.2) is 17.4 Å². The molecule has 0 saturated carbocycles. The van der Waals surface area contributed by atoms with E-state index < -0.39 is 5.82 Å². The highest BCUT2D eigenvalue weighted by Crippen LogP contribution is 2.35. The molecule has 1 aromatic carbocycles. The topological polar surface area (TPSA) is 63.7 Å². The van der Waals surface area contributed by atoms with Gasteiger partial charge in [-0.25, -0.2) is 4.39 Å².